The molecule has 0 aliphatic rings. The number of hydrogen-bond donors (Lipinski definition) is 0. The van der Waals surface area contributed by atoms with E-state index in [0.29, 0.717) is 5.69 Å². The molecule has 0 saturated heterocycles. The molecule has 2 rings (SSSR count). The molecule has 0 N–H and O–H groups in total. The summed E-state index contributed by atoms with van der Waals surface area (Å²) in [7, 11) is 3.53. The number of halogens is 1. The largest absolute Gasteiger partial charge is 0.376 e. The number of nitro benzene ring substituents is 1. The Labute approximate surface area is 119 Å². The van der Waals surface area contributed by atoms with Gasteiger partial charge >= 0.3 is 5.69 Å². The summed E-state index contributed by atoms with van der Waals surface area (Å²) in [4.78, 5) is 23.5. The van der Waals surface area contributed by atoms with Gasteiger partial charge in [-0.15, -0.1) is 0 Å². The molecule has 0 bridgehead atoms. The third-order valence-electron chi connectivity index (χ3n) is 2.95. The molecule has 110 valence electrons. The van der Waals surface area contributed by atoms with Gasteiger partial charge in [0, 0.05) is 31.8 Å². The van der Waals surface area contributed by atoms with Crippen LogP contribution in [0.15, 0.2) is 35.3 Å². The number of nitrogens with zero attached hydrogens (tertiary/aromatic N) is 4. The van der Waals surface area contributed by atoms with Gasteiger partial charge < -0.3 is 4.90 Å². The van der Waals surface area contributed by atoms with Crippen LogP contribution in [0.3, 0.4) is 0 Å². The number of hydrogen-bond acceptors (Lipinski definition) is 5. The van der Waals surface area contributed by atoms with Crippen LogP contribution in [-0.4, -0.2) is 28.8 Å². The molecule has 1 heterocycles. The van der Waals surface area contributed by atoms with Gasteiger partial charge in [0.1, 0.15) is 0 Å². The molecule has 0 unspecified atom stereocenters. The molecule has 1 aromatic heterocycles. The van der Waals surface area contributed by atoms with Gasteiger partial charge in [-0.25, -0.2) is 4.68 Å². The van der Waals surface area contributed by atoms with Gasteiger partial charge in [-0.1, -0.05) is 12.1 Å². The third-order valence-corrected chi connectivity index (χ3v) is 2.95. The summed E-state index contributed by atoms with van der Waals surface area (Å²) < 4.78 is 15.0. The van der Waals surface area contributed by atoms with Crippen LogP contribution in [0.1, 0.15) is 5.56 Å². The van der Waals surface area contributed by atoms with Gasteiger partial charge in [0.25, 0.3) is 5.56 Å². The summed E-state index contributed by atoms with van der Waals surface area (Å²) in [5.41, 5.74) is -0.371. The van der Waals surface area contributed by atoms with E-state index in [4.69, 9.17) is 0 Å². The molecule has 2 aromatic rings. The molecule has 7 nitrogen and oxygen atoms in total. The predicted octanol–water partition coefficient (Wildman–Crippen LogP) is 1.40. The fraction of sp³-hybridized carbons (Fsp3) is 0.231. The first-order chi connectivity index (χ1) is 9.90. The molecule has 8 heteroatoms. The summed E-state index contributed by atoms with van der Waals surface area (Å²) in [6.07, 6.45) is 1.47. The molecule has 21 heavy (non-hydrogen) atoms. The smallest absolute Gasteiger partial charge is 0.305 e. The lowest BCUT2D eigenvalue weighted by atomic mass is 10.2. The first kappa shape index (κ1) is 14.6. The Morgan fingerprint density at radius 1 is 1.43 bits per heavy atom. The lowest BCUT2D eigenvalue weighted by molar-refractivity contribution is -0.387. The summed E-state index contributed by atoms with van der Waals surface area (Å²) in [6, 6.07) is 5.19. The summed E-state index contributed by atoms with van der Waals surface area (Å²) in [6.45, 7) is -0.167. The van der Waals surface area contributed by atoms with Gasteiger partial charge in [0.2, 0.25) is 5.82 Å². The SMILES string of the molecule is CN(C)c1cnn(Cc2cccc([N+](=O)[O-])c2F)c(=O)c1. The summed E-state index contributed by atoms with van der Waals surface area (Å²) in [5.74, 6) is -0.951. The number of benzene rings is 1. The lowest BCUT2D eigenvalue weighted by Crippen LogP contribution is -2.25. The van der Waals surface area contributed by atoms with Crippen LogP contribution >= 0.6 is 0 Å². The van der Waals surface area contributed by atoms with Crippen LogP contribution < -0.4 is 10.5 Å². The van der Waals surface area contributed by atoms with Crippen LogP contribution in [0.25, 0.3) is 0 Å². The van der Waals surface area contributed by atoms with Crippen molar-refractivity contribution in [1.82, 2.24) is 9.78 Å². The predicted molar refractivity (Wildman–Crippen MR) is 75.0 cm³/mol. The minimum absolute atomic E-state index is 0.0383. The molecule has 0 amide bonds. The maximum atomic E-state index is 14.0. The number of rotatable bonds is 4. The Morgan fingerprint density at radius 2 is 2.14 bits per heavy atom. The van der Waals surface area contributed by atoms with E-state index in [0.717, 1.165) is 10.7 Å². The Bertz CT molecular complexity index is 742. The van der Waals surface area contributed by atoms with E-state index >= 15 is 0 Å². The molecular formula is C13H13FN4O3. The third kappa shape index (κ3) is 3.04. The maximum absolute atomic E-state index is 14.0. The second-order valence-electron chi connectivity index (χ2n) is 4.61. The minimum atomic E-state index is -0.951. The van der Waals surface area contributed by atoms with Gasteiger partial charge in [-0.05, 0) is 0 Å². The highest BCUT2D eigenvalue weighted by atomic mass is 19.1. The molecule has 0 saturated carbocycles. The first-order valence-electron chi connectivity index (χ1n) is 6.06. The van der Waals surface area contributed by atoms with E-state index in [1.165, 1.54) is 24.4 Å². The number of nitro groups is 1. The van der Waals surface area contributed by atoms with Crippen molar-refractivity contribution in [3.05, 3.63) is 62.3 Å². The van der Waals surface area contributed by atoms with Crippen molar-refractivity contribution < 1.29 is 9.31 Å². The van der Waals surface area contributed by atoms with Crippen LogP contribution in [0.4, 0.5) is 15.8 Å². The van der Waals surface area contributed by atoms with E-state index in [9.17, 15) is 19.3 Å². The monoisotopic (exact) mass is 292 g/mol. The Kier molecular flexibility index (Phi) is 3.97. The molecule has 0 aliphatic carbocycles. The highest BCUT2D eigenvalue weighted by Gasteiger charge is 2.17. The van der Waals surface area contributed by atoms with Gasteiger partial charge in [0.15, 0.2) is 0 Å². The average molecular weight is 292 g/mol. The van der Waals surface area contributed by atoms with Crippen LogP contribution in [-0.2, 0) is 6.54 Å². The molecule has 1 aromatic carbocycles. The molecular weight excluding hydrogens is 279 g/mol. The standard InChI is InChI=1S/C13H13FN4O3/c1-16(2)10-6-12(19)17(15-7-10)8-9-4-3-5-11(13(9)14)18(20)21/h3-7H,8H2,1-2H3. The fourth-order valence-electron chi connectivity index (χ4n) is 1.78. The van der Waals surface area contributed by atoms with Crippen molar-refractivity contribution in [3.63, 3.8) is 0 Å². The van der Waals surface area contributed by atoms with E-state index in [2.05, 4.69) is 5.10 Å². The highest BCUT2D eigenvalue weighted by Crippen LogP contribution is 2.20. The Balaban J connectivity index is 2.37. The second kappa shape index (κ2) is 5.70. The molecule has 0 fully saturated rings. The first-order valence-corrected chi connectivity index (χ1v) is 6.06. The van der Waals surface area contributed by atoms with Gasteiger partial charge in [-0.2, -0.15) is 9.49 Å². The summed E-state index contributed by atoms with van der Waals surface area (Å²) >= 11 is 0. The topological polar surface area (TPSA) is 81.3 Å². The molecule has 0 aliphatic heterocycles. The van der Waals surface area contributed by atoms with E-state index < -0.39 is 22.0 Å². The fourth-order valence-corrected chi connectivity index (χ4v) is 1.78. The Morgan fingerprint density at radius 3 is 2.71 bits per heavy atom. The van der Waals surface area contributed by atoms with E-state index in [-0.39, 0.29) is 12.1 Å². The van der Waals surface area contributed by atoms with Crippen molar-refractivity contribution in [2.45, 2.75) is 6.54 Å². The average Bonchev–Trinajstić information content (AvgIpc) is 2.42. The van der Waals surface area contributed by atoms with E-state index in [1.807, 2.05) is 0 Å². The van der Waals surface area contributed by atoms with E-state index in [1.54, 1.807) is 19.0 Å². The lowest BCUT2D eigenvalue weighted by Gasteiger charge is -2.12. The highest BCUT2D eigenvalue weighted by molar-refractivity contribution is 5.41. The van der Waals surface area contributed by atoms with Crippen molar-refractivity contribution in [2.75, 3.05) is 19.0 Å². The number of anilines is 1. The van der Waals surface area contributed by atoms with Crippen LogP contribution in [0.2, 0.25) is 0 Å². The van der Waals surface area contributed by atoms with Crippen LogP contribution in [0, 0.1) is 15.9 Å². The normalized spacial score (nSPS) is 10.4. The quantitative estimate of drug-likeness (QED) is 0.628. The van der Waals surface area contributed by atoms with Crippen molar-refractivity contribution in [3.8, 4) is 0 Å². The van der Waals surface area contributed by atoms with Crippen molar-refractivity contribution in [2.24, 2.45) is 0 Å². The second-order valence-corrected chi connectivity index (χ2v) is 4.61. The maximum Gasteiger partial charge on any atom is 0.305 e. The zero-order valence-electron chi connectivity index (χ0n) is 11.5. The molecule has 0 spiro atoms. The molecule has 0 atom stereocenters. The van der Waals surface area contributed by atoms with Gasteiger partial charge in [-0.3, -0.25) is 14.9 Å². The van der Waals surface area contributed by atoms with Crippen molar-refractivity contribution in [1.29, 1.82) is 0 Å². The zero-order valence-corrected chi connectivity index (χ0v) is 11.5. The van der Waals surface area contributed by atoms with Crippen molar-refractivity contribution >= 4 is 11.4 Å². The number of aromatic nitrogens is 2. The molecule has 0 radical (unpaired) electrons. The minimum Gasteiger partial charge on any atom is -0.376 e. The summed E-state index contributed by atoms with van der Waals surface area (Å²) in [5, 5.41) is 14.6. The zero-order chi connectivity index (χ0) is 15.6. The Hall–Kier alpha value is -2.77. The van der Waals surface area contributed by atoms with Crippen LogP contribution in [0.5, 0.6) is 0 Å². The van der Waals surface area contributed by atoms with Gasteiger partial charge in [0.05, 0.1) is 23.4 Å².